The van der Waals surface area contributed by atoms with Gasteiger partial charge in [-0.15, -0.1) is 0 Å². The summed E-state index contributed by atoms with van der Waals surface area (Å²) in [4.78, 5) is 27.9. The van der Waals surface area contributed by atoms with E-state index in [-0.39, 0.29) is 18.4 Å². The Labute approximate surface area is 167 Å². The second-order valence-electron chi connectivity index (χ2n) is 6.69. The summed E-state index contributed by atoms with van der Waals surface area (Å²) in [5.74, 6) is -0.732. The molecule has 0 aliphatic carbocycles. The summed E-state index contributed by atoms with van der Waals surface area (Å²) < 4.78 is 0.952. The van der Waals surface area contributed by atoms with Crippen molar-refractivity contribution in [1.29, 1.82) is 0 Å². The van der Waals surface area contributed by atoms with Gasteiger partial charge in [-0.1, -0.05) is 46.3 Å². The van der Waals surface area contributed by atoms with E-state index in [2.05, 4.69) is 20.8 Å². The van der Waals surface area contributed by atoms with E-state index in [4.69, 9.17) is 5.11 Å². The molecule has 27 heavy (non-hydrogen) atoms. The molecule has 0 spiro atoms. The number of rotatable bonds is 6. The molecule has 0 radical (unpaired) electrons. The number of piperazine rings is 1. The maximum Gasteiger partial charge on any atom is 0.303 e. The van der Waals surface area contributed by atoms with Crippen molar-refractivity contribution in [3.05, 3.63) is 70.2 Å². The highest BCUT2D eigenvalue weighted by atomic mass is 79.9. The first-order valence-electron chi connectivity index (χ1n) is 9.10. The average molecular weight is 431 g/mol. The van der Waals surface area contributed by atoms with Gasteiger partial charge in [0.15, 0.2) is 0 Å². The number of benzene rings is 2. The minimum Gasteiger partial charge on any atom is -0.481 e. The van der Waals surface area contributed by atoms with Crippen LogP contribution in [0.5, 0.6) is 0 Å². The monoisotopic (exact) mass is 430 g/mol. The Morgan fingerprint density at radius 3 is 2.19 bits per heavy atom. The number of halogens is 1. The van der Waals surface area contributed by atoms with Gasteiger partial charge in [-0.25, -0.2) is 0 Å². The van der Waals surface area contributed by atoms with Crippen molar-refractivity contribution >= 4 is 27.8 Å². The minimum absolute atomic E-state index is 0.0453. The molecule has 2 aromatic carbocycles. The molecule has 3 rings (SSSR count). The third-order valence-corrected chi connectivity index (χ3v) is 5.48. The van der Waals surface area contributed by atoms with Gasteiger partial charge in [0, 0.05) is 48.7 Å². The van der Waals surface area contributed by atoms with Crippen LogP contribution in [0, 0.1) is 0 Å². The second-order valence-corrected chi connectivity index (χ2v) is 7.61. The molecule has 1 fully saturated rings. The van der Waals surface area contributed by atoms with Crippen LogP contribution in [0.4, 0.5) is 0 Å². The Hall–Kier alpha value is -2.18. The Morgan fingerprint density at radius 1 is 0.963 bits per heavy atom. The average Bonchev–Trinajstić information content (AvgIpc) is 2.69. The molecule has 1 aliphatic rings. The summed E-state index contributed by atoms with van der Waals surface area (Å²) in [5.41, 5.74) is 1.82. The van der Waals surface area contributed by atoms with Gasteiger partial charge in [0.2, 0.25) is 0 Å². The molecule has 0 saturated carbocycles. The molecular weight excluding hydrogens is 408 g/mol. The van der Waals surface area contributed by atoms with Crippen LogP contribution < -0.4 is 0 Å². The van der Waals surface area contributed by atoms with E-state index in [1.165, 1.54) is 0 Å². The number of carboxylic acid groups (broad SMARTS) is 1. The smallest absolute Gasteiger partial charge is 0.303 e. The van der Waals surface area contributed by atoms with Gasteiger partial charge >= 0.3 is 5.97 Å². The van der Waals surface area contributed by atoms with Crippen LogP contribution in [0.1, 0.15) is 34.8 Å². The third-order valence-electron chi connectivity index (χ3n) is 4.95. The first-order valence-corrected chi connectivity index (χ1v) is 9.89. The Bertz CT molecular complexity index is 772. The molecule has 1 saturated heterocycles. The molecule has 142 valence electrons. The maximum absolute atomic E-state index is 12.7. The van der Waals surface area contributed by atoms with Crippen LogP contribution in [0.15, 0.2) is 59.1 Å². The highest BCUT2D eigenvalue weighted by Crippen LogP contribution is 2.27. The van der Waals surface area contributed by atoms with E-state index >= 15 is 0 Å². The molecular formula is C21H23BrN2O3. The van der Waals surface area contributed by atoms with Gasteiger partial charge in [-0.3, -0.25) is 14.5 Å². The first kappa shape index (κ1) is 19.6. The lowest BCUT2D eigenvalue weighted by molar-refractivity contribution is -0.137. The molecule has 1 aliphatic heterocycles. The SMILES string of the molecule is O=C(O)CC[C@H](c1ccccc1)N1CCN(C(=O)c2ccc(Br)cc2)CC1. The summed E-state index contributed by atoms with van der Waals surface area (Å²) in [6.07, 6.45) is 0.706. The molecule has 1 amide bonds. The van der Waals surface area contributed by atoms with Crippen LogP contribution in [0.3, 0.4) is 0 Å². The Kier molecular flexibility index (Phi) is 6.63. The predicted octanol–water partition coefficient (Wildman–Crippen LogP) is 3.81. The van der Waals surface area contributed by atoms with Crippen molar-refractivity contribution in [2.45, 2.75) is 18.9 Å². The summed E-state index contributed by atoms with van der Waals surface area (Å²) in [5, 5.41) is 9.09. The van der Waals surface area contributed by atoms with E-state index in [0.29, 0.717) is 25.1 Å². The molecule has 2 aromatic rings. The fraction of sp³-hybridized carbons (Fsp3) is 0.333. The normalized spacial score (nSPS) is 16.1. The van der Waals surface area contributed by atoms with Gasteiger partial charge in [0.25, 0.3) is 5.91 Å². The van der Waals surface area contributed by atoms with E-state index < -0.39 is 5.97 Å². The molecule has 1 heterocycles. The largest absolute Gasteiger partial charge is 0.481 e. The van der Waals surface area contributed by atoms with E-state index in [1.807, 2.05) is 59.5 Å². The first-order chi connectivity index (χ1) is 13.0. The van der Waals surface area contributed by atoms with Crippen LogP contribution in [0.2, 0.25) is 0 Å². The highest BCUT2D eigenvalue weighted by molar-refractivity contribution is 9.10. The number of amides is 1. The molecule has 6 heteroatoms. The third kappa shape index (κ3) is 5.17. The standard InChI is InChI=1S/C21H23BrN2O3/c22-18-8-6-17(7-9-18)21(27)24-14-12-23(13-15-24)19(10-11-20(25)26)16-4-2-1-3-5-16/h1-9,19H,10-15H2,(H,25,26)/t19-/m1/s1. The number of nitrogens with zero attached hydrogens (tertiary/aromatic N) is 2. The molecule has 0 bridgehead atoms. The Balaban J connectivity index is 1.65. The van der Waals surface area contributed by atoms with Crippen molar-refractivity contribution in [3.63, 3.8) is 0 Å². The van der Waals surface area contributed by atoms with E-state index in [9.17, 15) is 9.59 Å². The van der Waals surface area contributed by atoms with Crippen molar-refractivity contribution in [3.8, 4) is 0 Å². The second kappa shape index (κ2) is 9.15. The molecule has 1 N–H and O–H groups in total. The maximum atomic E-state index is 12.7. The lowest BCUT2D eigenvalue weighted by atomic mass is 9.99. The number of carbonyl (C=O) groups is 2. The zero-order chi connectivity index (χ0) is 19.2. The lowest BCUT2D eigenvalue weighted by Crippen LogP contribution is -2.49. The predicted molar refractivity (Wildman–Crippen MR) is 108 cm³/mol. The minimum atomic E-state index is -0.778. The molecule has 0 aromatic heterocycles. The van der Waals surface area contributed by atoms with Gasteiger partial charge < -0.3 is 10.0 Å². The van der Waals surface area contributed by atoms with Crippen molar-refractivity contribution in [2.75, 3.05) is 26.2 Å². The quantitative estimate of drug-likeness (QED) is 0.756. The van der Waals surface area contributed by atoms with Gasteiger partial charge in [0.1, 0.15) is 0 Å². The van der Waals surface area contributed by atoms with Crippen molar-refractivity contribution in [2.24, 2.45) is 0 Å². The van der Waals surface area contributed by atoms with Gasteiger partial charge in [-0.05, 0) is 36.2 Å². The van der Waals surface area contributed by atoms with Crippen LogP contribution in [0.25, 0.3) is 0 Å². The topological polar surface area (TPSA) is 60.9 Å². The summed E-state index contributed by atoms with van der Waals surface area (Å²) in [6, 6.07) is 17.5. The fourth-order valence-electron chi connectivity index (χ4n) is 3.51. The van der Waals surface area contributed by atoms with Crippen molar-refractivity contribution < 1.29 is 14.7 Å². The lowest BCUT2D eigenvalue weighted by Gasteiger charge is -2.39. The zero-order valence-electron chi connectivity index (χ0n) is 15.1. The van der Waals surface area contributed by atoms with Crippen molar-refractivity contribution in [1.82, 2.24) is 9.80 Å². The summed E-state index contributed by atoms with van der Waals surface area (Å²) in [7, 11) is 0. The van der Waals surface area contributed by atoms with Crippen LogP contribution in [-0.4, -0.2) is 53.0 Å². The number of aliphatic carboxylic acids is 1. The van der Waals surface area contributed by atoms with E-state index in [1.54, 1.807) is 0 Å². The van der Waals surface area contributed by atoms with Crippen LogP contribution >= 0.6 is 15.9 Å². The highest BCUT2D eigenvalue weighted by Gasteiger charge is 2.27. The zero-order valence-corrected chi connectivity index (χ0v) is 16.6. The number of carbonyl (C=O) groups excluding carboxylic acids is 1. The summed E-state index contributed by atoms with van der Waals surface area (Å²) >= 11 is 3.39. The van der Waals surface area contributed by atoms with E-state index in [0.717, 1.165) is 23.1 Å². The Morgan fingerprint density at radius 2 is 1.59 bits per heavy atom. The fourth-order valence-corrected chi connectivity index (χ4v) is 3.77. The number of hydrogen-bond donors (Lipinski definition) is 1. The summed E-state index contributed by atoms with van der Waals surface area (Å²) in [6.45, 7) is 2.76. The van der Waals surface area contributed by atoms with Gasteiger partial charge in [0.05, 0.1) is 0 Å². The molecule has 0 unspecified atom stereocenters. The molecule has 5 nitrogen and oxygen atoms in total. The van der Waals surface area contributed by atoms with Crippen LogP contribution in [-0.2, 0) is 4.79 Å². The number of hydrogen-bond acceptors (Lipinski definition) is 3. The molecule has 1 atom stereocenters. The number of carboxylic acids is 1. The van der Waals surface area contributed by atoms with Gasteiger partial charge in [-0.2, -0.15) is 0 Å².